The Labute approximate surface area is 177 Å². The summed E-state index contributed by atoms with van der Waals surface area (Å²) in [7, 11) is -2.32. The second kappa shape index (κ2) is 8.85. The number of Topliss-reactive ketones (excluding diaryl/α,β-unsaturated/α-hetero) is 1. The molecule has 1 aliphatic heterocycles. The summed E-state index contributed by atoms with van der Waals surface area (Å²) in [5, 5.41) is 3.99. The molecule has 0 radical (unpaired) electrons. The van der Waals surface area contributed by atoms with E-state index in [1.54, 1.807) is 19.5 Å². The zero-order valence-electron chi connectivity index (χ0n) is 18.1. The number of ether oxygens (including phenoxy) is 2. The zero-order valence-corrected chi connectivity index (χ0v) is 18.9. The molecule has 2 aromatic heterocycles. The molecule has 3 heterocycles. The highest BCUT2D eigenvalue weighted by Crippen LogP contribution is 2.28. The molecule has 0 aromatic carbocycles. The van der Waals surface area contributed by atoms with Crippen LogP contribution in [0.25, 0.3) is 0 Å². The van der Waals surface area contributed by atoms with Crippen molar-refractivity contribution < 1.29 is 22.7 Å². The van der Waals surface area contributed by atoms with E-state index in [0.29, 0.717) is 19.0 Å². The molecule has 1 atom stereocenters. The van der Waals surface area contributed by atoms with Crippen molar-refractivity contribution in [3.05, 3.63) is 35.2 Å². The third-order valence-electron chi connectivity index (χ3n) is 5.26. The molecule has 0 bridgehead atoms. The van der Waals surface area contributed by atoms with E-state index < -0.39 is 15.6 Å². The molecule has 0 N–H and O–H groups in total. The number of rotatable bonds is 8. The van der Waals surface area contributed by atoms with Gasteiger partial charge < -0.3 is 9.47 Å². The van der Waals surface area contributed by atoms with Crippen LogP contribution in [0.15, 0.2) is 23.5 Å². The van der Waals surface area contributed by atoms with E-state index in [1.807, 2.05) is 27.7 Å². The predicted octanol–water partition coefficient (Wildman–Crippen LogP) is 2.52. The Morgan fingerprint density at radius 1 is 1.23 bits per heavy atom. The third-order valence-corrected chi connectivity index (χ3v) is 6.80. The monoisotopic (exact) mass is 435 g/mol. The summed E-state index contributed by atoms with van der Waals surface area (Å²) in [6, 6.07) is 1.38. The van der Waals surface area contributed by atoms with Crippen molar-refractivity contribution >= 4 is 15.6 Å². The average molecular weight is 436 g/mol. The van der Waals surface area contributed by atoms with Gasteiger partial charge in [0.1, 0.15) is 18.5 Å². The van der Waals surface area contributed by atoms with Crippen molar-refractivity contribution in [2.75, 3.05) is 19.5 Å². The van der Waals surface area contributed by atoms with Crippen molar-refractivity contribution in [1.29, 1.82) is 0 Å². The lowest BCUT2D eigenvalue weighted by molar-refractivity contribution is -0.116. The molecule has 30 heavy (non-hydrogen) atoms. The molecule has 0 fully saturated rings. The number of nitrogens with zero attached hydrogens (tertiary/aromatic N) is 3. The van der Waals surface area contributed by atoms with Crippen LogP contribution in [0, 0.1) is 0 Å². The molecule has 2 aromatic rings. The Morgan fingerprint density at radius 2 is 1.87 bits per heavy atom. The van der Waals surface area contributed by atoms with E-state index in [0.717, 1.165) is 16.7 Å². The Balaban J connectivity index is 1.81. The maximum atomic E-state index is 12.8. The average Bonchev–Trinajstić information content (AvgIpc) is 3.11. The first-order valence-corrected chi connectivity index (χ1v) is 11.7. The maximum Gasteiger partial charge on any atom is 0.213 e. The third kappa shape index (κ3) is 4.73. The van der Waals surface area contributed by atoms with Gasteiger partial charge in [-0.2, -0.15) is 5.10 Å². The molecule has 0 saturated carbocycles. The molecule has 0 amide bonds. The smallest absolute Gasteiger partial charge is 0.213 e. The van der Waals surface area contributed by atoms with Crippen molar-refractivity contribution in [1.82, 2.24) is 14.8 Å². The number of hydrogen-bond donors (Lipinski definition) is 0. The van der Waals surface area contributed by atoms with Crippen LogP contribution in [0.1, 0.15) is 56.2 Å². The molecule has 1 aliphatic rings. The quantitative estimate of drug-likeness (QED) is 0.628. The molecule has 1 unspecified atom stereocenters. The lowest BCUT2D eigenvalue weighted by atomic mass is 9.88. The van der Waals surface area contributed by atoms with E-state index in [9.17, 15) is 13.2 Å². The maximum absolute atomic E-state index is 12.8. The van der Waals surface area contributed by atoms with Gasteiger partial charge in [-0.1, -0.05) is 27.7 Å². The van der Waals surface area contributed by atoms with Crippen molar-refractivity contribution in [2.45, 2.75) is 63.6 Å². The topological polar surface area (TPSA) is 100 Å². The summed E-state index contributed by atoms with van der Waals surface area (Å²) >= 11 is 0. The SMILES string of the molecule is COC1COc2cc(S(=O)(=O)CC(=O)Cc3c(C(C)C)cncc3C(C)C)nn2C1. The largest absolute Gasteiger partial charge is 0.475 e. The molecule has 0 spiro atoms. The highest BCUT2D eigenvalue weighted by Gasteiger charge is 2.29. The van der Waals surface area contributed by atoms with Gasteiger partial charge in [-0.3, -0.25) is 9.78 Å². The van der Waals surface area contributed by atoms with Gasteiger partial charge in [-0.25, -0.2) is 13.1 Å². The minimum absolute atomic E-state index is 0.0542. The fraction of sp³-hybridized carbons (Fsp3) is 0.571. The summed E-state index contributed by atoms with van der Waals surface area (Å²) < 4.78 is 37.9. The number of sulfone groups is 1. The second-order valence-electron chi connectivity index (χ2n) is 8.25. The van der Waals surface area contributed by atoms with E-state index in [1.165, 1.54) is 10.7 Å². The van der Waals surface area contributed by atoms with Crippen LogP contribution in [0.4, 0.5) is 0 Å². The van der Waals surface area contributed by atoms with Crippen LogP contribution in [-0.2, 0) is 32.3 Å². The Kier molecular flexibility index (Phi) is 6.62. The van der Waals surface area contributed by atoms with Crippen LogP contribution in [-0.4, -0.2) is 54.5 Å². The number of aromatic nitrogens is 3. The molecular weight excluding hydrogens is 406 g/mol. The van der Waals surface area contributed by atoms with Crippen LogP contribution >= 0.6 is 0 Å². The Hall–Kier alpha value is -2.26. The van der Waals surface area contributed by atoms with Gasteiger partial charge in [0.15, 0.2) is 10.8 Å². The van der Waals surface area contributed by atoms with Gasteiger partial charge in [-0.05, 0) is 28.5 Å². The van der Waals surface area contributed by atoms with E-state index in [4.69, 9.17) is 9.47 Å². The molecule has 164 valence electrons. The number of fused-ring (bicyclic) bond motifs is 1. The Bertz CT molecular complexity index is 1000. The molecule has 3 rings (SSSR count). The first-order chi connectivity index (χ1) is 14.1. The predicted molar refractivity (Wildman–Crippen MR) is 112 cm³/mol. The zero-order chi connectivity index (χ0) is 22.1. The van der Waals surface area contributed by atoms with Gasteiger partial charge in [0.25, 0.3) is 0 Å². The first kappa shape index (κ1) is 22.4. The second-order valence-corrected chi connectivity index (χ2v) is 10.2. The minimum Gasteiger partial charge on any atom is -0.475 e. The number of hydrogen-bond acceptors (Lipinski definition) is 7. The summed E-state index contributed by atoms with van der Waals surface area (Å²) in [5.74, 6) is -0.240. The Morgan fingerprint density at radius 3 is 2.43 bits per heavy atom. The number of ketones is 1. The van der Waals surface area contributed by atoms with Crippen molar-refractivity contribution in [3.63, 3.8) is 0 Å². The summed E-state index contributed by atoms with van der Waals surface area (Å²) in [5.41, 5.74) is 2.83. The first-order valence-electron chi connectivity index (χ1n) is 10.1. The van der Waals surface area contributed by atoms with Crippen molar-refractivity contribution in [2.24, 2.45) is 0 Å². The summed E-state index contributed by atoms with van der Waals surface area (Å²) in [4.78, 5) is 17.1. The van der Waals surface area contributed by atoms with E-state index in [-0.39, 0.29) is 35.2 Å². The highest BCUT2D eigenvalue weighted by molar-refractivity contribution is 7.92. The fourth-order valence-electron chi connectivity index (χ4n) is 3.60. The minimum atomic E-state index is -3.88. The summed E-state index contributed by atoms with van der Waals surface area (Å²) in [6.45, 7) is 8.88. The van der Waals surface area contributed by atoms with Crippen LogP contribution in [0.5, 0.6) is 5.88 Å². The van der Waals surface area contributed by atoms with Gasteiger partial charge >= 0.3 is 0 Å². The molecule has 9 heteroatoms. The van der Waals surface area contributed by atoms with Gasteiger partial charge in [0.05, 0.1) is 6.54 Å². The lowest BCUT2D eigenvalue weighted by Crippen LogP contribution is -2.31. The number of pyridine rings is 1. The molecule has 0 aliphatic carbocycles. The lowest BCUT2D eigenvalue weighted by Gasteiger charge is -2.22. The van der Waals surface area contributed by atoms with Gasteiger partial charge in [0, 0.05) is 32.0 Å². The fourth-order valence-corrected chi connectivity index (χ4v) is 4.77. The normalized spacial score (nSPS) is 16.6. The molecule has 0 saturated heterocycles. The van der Waals surface area contributed by atoms with Crippen LogP contribution in [0.2, 0.25) is 0 Å². The highest BCUT2D eigenvalue weighted by atomic mass is 32.2. The van der Waals surface area contributed by atoms with E-state index in [2.05, 4.69) is 10.1 Å². The number of methoxy groups -OCH3 is 1. The summed E-state index contributed by atoms with van der Waals surface area (Å²) in [6.07, 6.45) is 3.39. The van der Waals surface area contributed by atoms with Crippen molar-refractivity contribution in [3.8, 4) is 5.88 Å². The van der Waals surface area contributed by atoms with Crippen LogP contribution < -0.4 is 4.74 Å². The van der Waals surface area contributed by atoms with E-state index >= 15 is 0 Å². The number of carbonyl (C=O) groups excluding carboxylic acids is 1. The number of carbonyl (C=O) groups is 1. The standard InChI is InChI=1S/C21H29N3O5S/c1-13(2)18-8-22-9-19(14(3)4)17(18)6-15(25)12-30(26,27)20-7-21-24(23-20)10-16(28-5)11-29-21/h7-9,13-14,16H,6,10-12H2,1-5H3. The molecule has 8 nitrogen and oxygen atoms in total. The molecular formula is C21H29N3O5S. The van der Waals surface area contributed by atoms with Gasteiger partial charge in [-0.15, -0.1) is 0 Å². The van der Waals surface area contributed by atoms with Crippen LogP contribution in [0.3, 0.4) is 0 Å². The van der Waals surface area contributed by atoms with Gasteiger partial charge in [0.2, 0.25) is 15.7 Å².